The van der Waals surface area contributed by atoms with Gasteiger partial charge in [0.05, 0.1) is 4.90 Å². The topological polar surface area (TPSA) is 34.1 Å². The Labute approximate surface area is 120 Å². The van der Waals surface area contributed by atoms with Crippen molar-refractivity contribution in [1.82, 2.24) is 0 Å². The van der Waals surface area contributed by atoms with Gasteiger partial charge in [0.1, 0.15) is 16.5 Å². The van der Waals surface area contributed by atoms with Crippen LogP contribution < -0.4 is 0 Å². The molecule has 0 heterocycles. The molecule has 5 heteroatoms. The highest BCUT2D eigenvalue weighted by molar-refractivity contribution is 7.91. The third-order valence-corrected chi connectivity index (χ3v) is 5.00. The van der Waals surface area contributed by atoms with Crippen LogP contribution in [0.5, 0.6) is 0 Å². The standard InChI is InChI=1S/C16H10F2O2S/c17-13-6-8-16(15(18)10-13)21(19,20)14-7-5-11-3-1-2-4-12(11)9-14/h1-10H. The number of hydrogen-bond donors (Lipinski definition) is 0. The molecule has 3 rings (SSSR count). The van der Waals surface area contributed by atoms with Crippen LogP contribution in [0.4, 0.5) is 8.78 Å². The normalized spacial score (nSPS) is 11.7. The van der Waals surface area contributed by atoms with E-state index in [-0.39, 0.29) is 4.90 Å². The third kappa shape index (κ3) is 2.40. The predicted octanol–water partition coefficient (Wildman–Crippen LogP) is 3.95. The van der Waals surface area contributed by atoms with Crippen LogP contribution in [0, 0.1) is 11.6 Å². The molecule has 0 atom stereocenters. The number of benzene rings is 3. The Hall–Kier alpha value is -2.27. The molecule has 0 aromatic heterocycles. The van der Waals surface area contributed by atoms with Crippen LogP contribution >= 0.6 is 0 Å². The first-order valence-corrected chi connectivity index (χ1v) is 7.66. The van der Waals surface area contributed by atoms with Gasteiger partial charge in [-0.2, -0.15) is 0 Å². The van der Waals surface area contributed by atoms with Gasteiger partial charge < -0.3 is 0 Å². The Balaban J connectivity index is 2.20. The number of hydrogen-bond acceptors (Lipinski definition) is 2. The van der Waals surface area contributed by atoms with Crippen LogP contribution in [0.25, 0.3) is 10.8 Å². The van der Waals surface area contributed by atoms with E-state index in [4.69, 9.17) is 0 Å². The van der Waals surface area contributed by atoms with Gasteiger partial charge in [-0.15, -0.1) is 0 Å². The first-order chi connectivity index (χ1) is 9.98. The van der Waals surface area contributed by atoms with Crippen molar-refractivity contribution in [3.63, 3.8) is 0 Å². The monoisotopic (exact) mass is 304 g/mol. The average Bonchev–Trinajstić information content (AvgIpc) is 2.46. The van der Waals surface area contributed by atoms with Crippen LogP contribution in [-0.2, 0) is 9.84 Å². The fourth-order valence-electron chi connectivity index (χ4n) is 2.15. The lowest BCUT2D eigenvalue weighted by molar-refractivity contribution is 0.549. The fraction of sp³-hybridized carbons (Fsp3) is 0. The summed E-state index contributed by atoms with van der Waals surface area (Å²) in [5.41, 5.74) is 0. The van der Waals surface area contributed by atoms with Gasteiger partial charge in [0.15, 0.2) is 0 Å². The molecule has 0 spiro atoms. The fourth-order valence-corrected chi connectivity index (χ4v) is 3.50. The predicted molar refractivity (Wildman–Crippen MR) is 75.8 cm³/mol. The Kier molecular flexibility index (Phi) is 3.22. The highest BCUT2D eigenvalue weighted by Crippen LogP contribution is 2.26. The maximum Gasteiger partial charge on any atom is 0.209 e. The summed E-state index contributed by atoms with van der Waals surface area (Å²) in [6.07, 6.45) is 0. The van der Waals surface area contributed by atoms with E-state index in [1.165, 1.54) is 12.1 Å². The molecule has 21 heavy (non-hydrogen) atoms. The van der Waals surface area contributed by atoms with Gasteiger partial charge in [-0.1, -0.05) is 30.3 Å². The van der Waals surface area contributed by atoms with Crippen LogP contribution in [0.2, 0.25) is 0 Å². The summed E-state index contributed by atoms with van der Waals surface area (Å²) in [4.78, 5) is -0.550. The molecule has 0 N–H and O–H groups in total. The number of rotatable bonds is 2. The highest BCUT2D eigenvalue weighted by atomic mass is 32.2. The smallest absolute Gasteiger partial charge is 0.209 e. The lowest BCUT2D eigenvalue weighted by Crippen LogP contribution is -2.05. The number of halogens is 2. The molecule has 0 saturated heterocycles. The van der Waals surface area contributed by atoms with Gasteiger partial charge in [-0.05, 0) is 35.0 Å². The zero-order valence-electron chi connectivity index (χ0n) is 10.8. The summed E-state index contributed by atoms with van der Waals surface area (Å²) >= 11 is 0. The molecule has 0 aliphatic carbocycles. The van der Waals surface area contributed by atoms with Gasteiger partial charge in [0, 0.05) is 6.07 Å². The molecule has 0 radical (unpaired) electrons. The molecular formula is C16H10F2O2S. The maximum atomic E-state index is 13.7. The molecule has 0 aliphatic heterocycles. The Bertz CT molecular complexity index is 934. The van der Waals surface area contributed by atoms with Gasteiger partial charge in [0.2, 0.25) is 9.84 Å². The SMILES string of the molecule is O=S(=O)(c1ccc2ccccc2c1)c1ccc(F)cc1F. The zero-order chi connectivity index (χ0) is 15.0. The Morgan fingerprint density at radius 2 is 1.48 bits per heavy atom. The van der Waals surface area contributed by atoms with E-state index in [1.807, 2.05) is 12.1 Å². The van der Waals surface area contributed by atoms with Crippen molar-refractivity contribution in [2.75, 3.05) is 0 Å². The van der Waals surface area contributed by atoms with Gasteiger partial charge in [0.25, 0.3) is 0 Å². The molecule has 0 saturated carbocycles. The van der Waals surface area contributed by atoms with E-state index in [0.717, 1.165) is 22.9 Å². The quantitative estimate of drug-likeness (QED) is 0.672. The summed E-state index contributed by atoms with van der Waals surface area (Å²) in [6, 6.07) is 14.2. The summed E-state index contributed by atoms with van der Waals surface area (Å²) < 4.78 is 51.5. The minimum Gasteiger partial charge on any atom is -0.218 e. The number of sulfone groups is 1. The van der Waals surface area contributed by atoms with Crippen molar-refractivity contribution in [3.05, 3.63) is 72.3 Å². The molecule has 0 unspecified atom stereocenters. The Morgan fingerprint density at radius 1 is 0.762 bits per heavy atom. The summed E-state index contributed by atoms with van der Waals surface area (Å²) in [6.45, 7) is 0. The lowest BCUT2D eigenvalue weighted by atomic mass is 10.1. The molecule has 3 aromatic carbocycles. The Morgan fingerprint density at radius 3 is 2.19 bits per heavy atom. The lowest BCUT2D eigenvalue weighted by Gasteiger charge is -2.07. The van der Waals surface area contributed by atoms with Crippen LogP contribution in [-0.4, -0.2) is 8.42 Å². The van der Waals surface area contributed by atoms with Crippen molar-refractivity contribution in [2.24, 2.45) is 0 Å². The van der Waals surface area contributed by atoms with Gasteiger partial charge in [-0.25, -0.2) is 17.2 Å². The van der Waals surface area contributed by atoms with Crippen molar-refractivity contribution in [1.29, 1.82) is 0 Å². The second-order valence-corrected chi connectivity index (χ2v) is 6.51. The second kappa shape index (κ2) is 4.93. The van der Waals surface area contributed by atoms with Crippen molar-refractivity contribution in [3.8, 4) is 0 Å². The van der Waals surface area contributed by atoms with E-state index < -0.39 is 26.4 Å². The maximum absolute atomic E-state index is 13.7. The molecule has 2 nitrogen and oxygen atoms in total. The average molecular weight is 304 g/mol. The molecule has 0 fully saturated rings. The molecular weight excluding hydrogens is 294 g/mol. The van der Waals surface area contributed by atoms with Crippen LogP contribution in [0.1, 0.15) is 0 Å². The molecule has 0 amide bonds. The largest absolute Gasteiger partial charge is 0.218 e. The van der Waals surface area contributed by atoms with Crippen molar-refractivity contribution in [2.45, 2.75) is 9.79 Å². The molecule has 0 bridgehead atoms. The van der Waals surface area contributed by atoms with E-state index in [0.29, 0.717) is 6.07 Å². The first-order valence-electron chi connectivity index (χ1n) is 6.17. The number of fused-ring (bicyclic) bond motifs is 1. The molecule has 106 valence electrons. The molecule has 3 aromatic rings. The second-order valence-electron chi connectivity index (χ2n) is 4.59. The third-order valence-electron chi connectivity index (χ3n) is 3.21. The zero-order valence-corrected chi connectivity index (χ0v) is 11.6. The van der Waals surface area contributed by atoms with Crippen molar-refractivity contribution < 1.29 is 17.2 Å². The van der Waals surface area contributed by atoms with E-state index >= 15 is 0 Å². The van der Waals surface area contributed by atoms with E-state index in [1.54, 1.807) is 18.2 Å². The molecule has 0 aliphatic rings. The summed E-state index contributed by atoms with van der Waals surface area (Å²) in [5, 5.41) is 1.62. The van der Waals surface area contributed by atoms with E-state index in [2.05, 4.69) is 0 Å². The summed E-state index contributed by atoms with van der Waals surface area (Å²) in [5.74, 6) is -1.91. The highest BCUT2D eigenvalue weighted by Gasteiger charge is 2.22. The summed E-state index contributed by atoms with van der Waals surface area (Å²) in [7, 11) is -4.02. The minimum absolute atomic E-state index is 0.0216. The van der Waals surface area contributed by atoms with Gasteiger partial charge >= 0.3 is 0 Å². The van der Waals surface area contributed by atoms with Gasteiger partial charge in [-0.3, -0.25) is 0 Å². The van der Waals surface area contributed by atoms with E-state index in [9.17, 15) is 17.2 Å². The minimum atomic E-state index is -4.02. The van der Waals surface area contributed by atoms with Crippen LogP contribution in [0.15, 0.2) is 70.5 Å². The van der Waals surface area contributed by atoms with Crippen LogP contribution in [0.3, 0.4) is 0 Å². The van der Waals surface area contributed by atoms with Crippen molar-refractivity contribution >= 4 is 20.6 Å². The first kappa shape index (κ1) is 13.7.